The number of aryl methyl sites for hydroxylation is 4. The van der Waals surface area contributed by atoms with Crippen molar-refractivity contribution in [1.29, 1.82) is 0 Å². The van der Waals surface area contributed by atoms with E-state index in [4.69, 9.17) is 9.47 Å². The number of esters is 2. The third-order valence-electron chi connectivity index (χ3n) is 14.2. The lowest BCUT2D eigenvalue weighted by Gasteiger charge is -2.15. The number of hydrogen-bond donors (Lipinski definition) is 0. The fourth-order valence-electron chi connectivity index (χ4n) is 9.34. The Hall–Kier alpha value is -7.32. The van der Waals surface area contributed by atoms with Crippen molar-refractivity contribution in [1.82, 2.24) is 0 Å². The Bertz CT molecular complexity index is 2820. The van der Waals surface area contributed by atoms with Crippen LogP contribution in [0.15, 0.2) is 166 Å². The molecule has 0 saturated heterocycles. The first-order valence-corrected chi connectivity index (χ1v) is 27.9. The van der Waals surface area contributed by atoms with E-state index in [1.54, 1.807) is 0 Å². The Balaban J connectivity index is 0.927. The van der Waals surface area contributed by atoms with Crippen molar-refractivity contribution in [3.8, 4) is 33.8 Å². The van der Waals surface area contributed by atoms with Gasteiger partial charge in [0.2, 0.25) is 0 Å². The molecule has 76 heavy (non-hydrogen) atoms. The zero-order chi connectivity index (χ0) is 53.8. The molecule has 8 nitrogen and oxygen atoms in total. The van der Waals surface area contributed by atoms with Gasteiger partial charge in [-0.15, -0.1) is 0 Å². The van der Waals surface area contributed by atoms with Gasteiger partial charge < -0.3 is 9.47 Å². The maximum atomic E-state index is 13.5. The van der Waals surface area contributed by atoms with Gasteiger partial charge in [0.15, 0.2) is 0 Å². The average molecular weight is 1020 g/mol. The monoisotopic (exact) mass is 1010 g/mol. The van der Waals surface area contributed by atoms with E-state index in [1.165, 1.54) is 88.2 Å². The first-order chi connectivity index (χ1) is 36.9. The van der Waals surface area contributed by atoms with Crippen LogP contribution in [0.2, 0.25) is 0 Å². The number of unbranched alkanes of at least 4 members (excludes halogenated alkanes) is 10. The second-order valence-corrected chi connectivity index (χ2v) is 20.9. The number of carbonyl (C=O) groups is 2. The Morgan fingerprint density at radius 1 is 0.395 bits per heavy atom. The molecule has 0 aliphatic carbocycles. The van der Waals surface area contributed by atoms with E-state index in [9.17, 15) is 9.59 Å². The van der Waals surface area contributed by atoms with Gasteiger partial charge in [-0.1, -0.05) is 179 Å². The molecule has 0 heterocycles. The Labute approximate surface area is 453 Å². The molecule has 0 unspecified atom stereocenters. The first-order valence-electron chi connectivity index (χ1n) is 27.9. The van der Waals surface area contributed by atoms with Gasteiger partial charge in [0.1, 0.15) is 11.5 Å². The quantitative estimate of drug-likeness (QED) is 0.0233. The molecule has 0 spiro atoms. The van der Waals surface area contributed by atoms with Gasteiger partial charge in [0, 0.05) is 0 Å². The highest BCUT2D eigenvalue weighted by molar-refractivity contribution is 5.93. The summed E-state index contributed by atoms with van der Waals surface area (Å²) in [5, 5.41) is 18.3. The highest BCUT2D eigenvalue weighted by Crippen LogP contribution is 2.37. The molecule has 0 N–H and O–H groups in total. The van der Waals surface area contributed by atoms with Crippen LogP contribution in [-0.2, 0) is 12.8 Å². The number of hydrogen-bond acceptors (Lipinski definition) is 8. The summed E-state index contributed by atoms with van der Waals surface area (Å²) in [5.74, 6) is 0.345. The topological polar surface area (TPSA) is 102 Å². The lowest BCUT2D eigenvalue weighted by Crippen LogP contribution is -2.10. The van der Waals surface area contributed by atoms with Crippen molar-refractivity contribution in [3.05, 3.63) is 190 Å². The standard InChI is InChI=1S/C68H78N4O4/c1-9-11-13-15-17-19-21-51-23-27-53(28-24-51)55-31-35-57(36-32-55)67(73)75-65-43-49(7)63(45-61(65)47(3)4)71-69-59-39-41-60(42-40-59)70-72-64-46-62(48(5)6)66(44-50(64)8)76-68(74)58-37-33-56(34-38-58)54-29-25-52(26-30-54)22-20-18-16-14-12-10-2/h23-48H,9-22H2,1-8H3. The summed E-state index contributed by atoms with van der Waals surface area (Å²) in [5.41, 5.74) is 14.1. The number of benzene rings is 7. The Kier molecular flexibility index (Phi) is 21.2. The SMILES string of the molecule is CCCCCCCCc1ccc(-c2ccc(C(=O)Oc3cc(C)c(N=Nc4ccc(N=Nc5cc(C(C)C)c(OC(=O)c6ccc(-c7ccc(CCCCCCCC)cc7)cc6)cc5C)cc4)cc3C(C)C)cc2)cc1. The van der Waals surface area contributed by atoms with Crippen LogP contribution in [0.25, 0.3) is 22.3 Å². The van der Waals surface area contributed by atoms with E-state index in [1.807, 2.05) is 111 Å². The second-order valence-electron chi connectivity index (χ2n) is 20.9. The minimum atomic E-state index is -0.407. The van der Waals surface area contributed by atoms with Gasteiger partial charge in [0.25, 0.3) is 0 Å². The van der Waals surface area contributed by atoms with Crippen molar-refractivity contribution in [3.63, 3.8) is 0 Å². The second kappa shape index (κ2) is 28.5. The lowest BCUT2D eigenvalue weighted by atomic mass is 9.99. The minimum Gasteiger partial charge on any atom is -0.423 e. The molecule has 0 aliphatic rings. The summed E-state index contributed by atoms with van der Waals surface area (Å²) in [4.78, 5) is 26.9. The number of rotatable bonds is 26. The number of ether oxygens (including phenoxy) is 2. The predicted octanol–water partition coefficient (Wildman–Crippen LogP) is 21.0. The maximum absolute atomic E-state index is 13.5. The normalized spacial score (nSPS) is 11.6. The van der Waals surface area contributed by atoms with E-state index in [2.05, 4.69) is 111 Å². The molecule has 0 fully saturated rings. The van der Waals surface area contributed by atoms with Crippen LogP contribution >= 0.6 is 0 Å². The van der Waals surface area contributed by atoms with Gasteiger partial charge in [-0.25, -0.2) is 9.59 Å². The molecule has 0 amide bonds. The molecule has 0 aromatic heterocycles. The third-order valence-corrected chi connectivity index (χ3v) is 14.2. The van der Waals surface area contributed by atoms with E-state index < -0.39 is 11.9 Å². The molecule has 0 radical (unpaired) electrons. The third kappa shape index (κ3) is 16.3. The van der Waals surface area contributed by atoms with Crippen LogP contribution in [0.4, 0.5) is 22.7 Å². The van der Waals surface area contributed by atoms with E-state index in [0.29, 0.717) is 45.4 Å². The summed E-state index contributed by atoms with van der Waals surface area (Å²) in [6, 6.07) is 47.8. The molecule has 7 aromatic carbocycles. The molecular formula is C68H78N4O4. The minimum absolute atomic E-state index is 0.0665. The number of nitrogens with zero attached hydrogens (tertiary/aromatic N) is 4. The summed E-state index contributed by atoms with van der Waals surface area (Å²) in [6.07, 6.45) is 17.8. The maximum Gasteiger partial charge on any atom is 0.343 e. The Morgan fingerprint density at radius 3 is 1.04 bits per heavy atom. The highest BCUT2D eigenvalue weighted by Gasteiger charge is 2.19. The van der Waals surface area contributed by atoms with Crippen molar-refractivity contribution in [2.24, 2.45) is 20.5 Å². The van der Waals surface area contributed by atoms with Gasteiger partial charge >= 0.3 is 11.9 Å². The first kappa shape index (κ1) is 56.4. The van der Waals surface area contributed by atoms with Gasteiger partial charge in [-0.2, -0.15) is 20.5 Å². The van der Waals surface area contributed by atoms with Crippen molar-refractivity contribution >= 4 is 34.7 Å². The lowest BCUT2D eigenvalue weighted by molar-refractivity contribution is 0.0723. The fraction of sp³-hybridized carbons (Fsp3) is 0.353. The van der Waals surface area contributed by atoms with Crippen LogP contribution in [0.1, 0.15) is 185 Å². The molecule has 7 rings (SSSR count). The molecular weight excluding hydrogens is 937 g/mol. The summed E-state index contributed by atoms with van der Waals surface area (Å²) in [7, 11) is 0. The molecule has 0 saturated carbocycles. The van der Waals surface area contributed by atoms with Crippen LogP contribution in [-0.4, -0.2) is 11.9 Å². The van der Waals surface area contributed by atoms with E-state index >= 15 is 0 Å². The smallest absolute Gasteiger partial charge is 0.343 e. The van der Waals surface area contributed by atoms with Gasteiger partial charge in [-0.05, 0) is 180 Å². The Morgan fingerprint density at radius 2 is 0.711 bits per heavy atom. The van der Waals surface area contributed by atoms with Crippen LogP contribution in [0.3, 0.4) is 0 Å². The average Bonchev–Trinajstić information content (AvgIpc) is 3.43. The molecule has 8 heteroatoms. The van der Waals surface area contributed by atoms with E-state index in [0.717, 1.165) is 57.3 Å². The molecule has 394 valence electrons. The zero-order valence-electron chi connectivity index (χ0n) is 46.3. The van der Waals surface area contributed by atoms with E-state index in [-0.39, 0.29) is 11.8 Å². The molecule has 0 bridgehead atoms. The molecule has 0 aliphatic heterocycles. The fourth-order valence-corrected chi connectivity index (χ4v) is 9.34. The van der Waals surface area contributed by atoms with Crippen LogP contribution in [0.5, 0.6) is 11.5 Å². The summed E-state index contributed by atoms with van der Waals surface area (Å²) >= 11 is 0. The van der Waals surface area contributed by atoms with Crippen molar-refractivity contribution in [2.45, 2.75) is 157 Å². The van der Waals surface area contributed by atoms with Crippen molar-refractivity contribution < 1.29 is 19.1 Å². The van der Waals surface area contributed by atoms with Crippen LogP contribution < -0.4 is 9.47 Å². The zero-order valence-corrected chi connectivity index (χ0v) is 46.3. The summed E-state index contributed by atoms with van der Waals surface area (Å²) < 4.78 is 12.1. The molecule has 0 atom stereocenters. The highest BCUT2D eigenvalue weighted by atomic mass is 16.5. The predicted molar refractivity (Wildman–Crippen MR) is 313 cm³/mol. The number of carbonyl (C=O) groups excluding carboxylic acids is 2. The number of azo groups is 2. The molecule has 7 aromatic rings. The van der Waals surface area contributed by atoms with Gasteiger partial charge in [0.05, 0.1) is 33.9 Å². The summed E-state index contributed by atoms with van der Waals surface area (Å²) in [6.45, 7) is 16.6. The largest absolute Gasteiger partial charge is 0.423 e. The van der Waals surface area contributed by atoms with Crippen LogP contribution in [0, 0.1) is 13.8 Å². The van der Waals surface area contributed by atoms with Crippen molar-refractivity contribution in [2.75, 3.05) is 0 Å². The van der Waals surface area contributed by atoms with Gasteiger partial charge in [-0.3, -0.25) is 0 Å².